The van der Waals surface area contributed by atoms with E-state index in [0.29, 0.717) is 5.92 Å². The van der Waals surface area contributed by atoms with Crippen LogP contribution in [0.3, 0.4) is 0 Å². The van der Waals surface area contributed by atoms with Gasteiger partial charge in [0, 0.05) is 6.54 Å². The highest BCUT2D eigenvalue weighted by Crippen LogP contribution is 2.29. The first-order valence-corrected chi connectivity index (χ1v) is 4.45. The fourth-order valence-corrected chi connectivity index (χ4v) is 1.22. The Hall–Kier alpha value is -1.12. The molecule has 0 unspecified atom stereocenters. The summed E-state index contributed by atoms with van der Waals surface area (Å²) in [6, 6.07) is 4.19. The highest BCUT2D eigenvalue weighted by atomic mass is 19.2. The summed E-state index contributed by atoms with van der Waals surface area (Å²) in [5.74, 6) is -0.911. The monoisotopic (exact) mass is 183 g/mol. The van der Waals surface area contributed by atoms with Gasteiger partial charge in [0.1, 0.15) is 0 Å². The summed E-state index contributed by atoms with van der Waals surface area (Å²) in [5.41, 5.74) is 0.270. The molecule has 1 nitrogen and oxygen atoms in total. The van der Waals surface area contributed by atoms with E-state index in [1.165, 1.54) is 18.9 Å². The van der Waals surface area contributed by atoms with Crippen LogP contribution in [0.5, 0.6) is 0 Å². The van der Waals surface area contributed by atoms with Gasteiger partial charge in [-0.05, 0) is 30.9 Å². The van der Waals surface area contributed by atoms with Crippen LogP contribution in [-0.4, -0.2) is 6.54 Å². The summed E-state index contributed by atoms with van der Waals surface area (Å²) in [4.78, 5) is 0. The maximum atomic E-state index is 13.0. The maximum Gasteiger partial charge on any atom is 0.181 e. The molecule has 3 heteroatoms. The molecule has 0 atom stereocenters. The lowest BCUT2D eigenvalue weighted by Gasteiger charge is -2.06. The van der Waals surface area contributed by atoms with Crippen molar-refractivity contribution in [3.63, 3.8) is 0 Å². The molecule has 1 N–H and O–H groups in total. The van der Waals surface area contributed by atoms with Crippen LogP contribution in [0, 0.1) is 17.6 Å². The minimum Gasteiger partial charge on any atom is -0.382 e. The molecule has 0 amide bonds. The summed E-state index contributed by atoms with van der Waals surface area (Å²) in [7, 11) is 0. The third kappa shape index (κ3) is 1.97. The molecule has 13 heavy (non-hydrogen) atoms. The molecule has 1 saturated carbocycles. The second-order valence-corrected chi connectivity index (χ2v) is 3.43. The molecule has 70 valence electrons. The van der Waals surface area contributed by atoms with Gasteiger partial charge in [-0.15, -0.1) is 0 Å². The SMILES string of the molecule is Fc1cccc(NCC2CC2)c1F. The second-order valence-electron chi connectivity index (χ2n) is 3.43. The smallest absolute Gasteiger partial charge is 0.181 e. The highest BCUT2D eigenvalue weighted by molar-refractivity contribution is 5.45. The Kier molecular flexibility index (Phi) is 2.17. The Morgan fingerprint density at radius 2 is 2.08 bits per heavy atom. The molecule has 0 spiro atoms. The van der Waals surface area contributed by atoms with Crippen molar-refractivity contribution in [2.75, 3.05) is 11.9 Å². The molecule has 1 aromatic rings. The topological polar surface area (TPSA) is 12.0 Å². The quantitative estimate of drug-likeness (QED) is 0.759. The first-order chi connectivity index (χ1) is 6.27. The van der Waals surface area contributed by atoms with Gasteiger partial charge in [0.15, 0.2) is 11.6 Å². The van der Waals surface area contributed by atoms with Gasteiger partial charge in [0.25, 0.3) is 0 Å². The van der Waals surface area contributed by atoms with Crippen molar-refractivity contribution >= 4 is 5.69 Å². The minimum atomic E-state index is -0.791. The van der Waals surface area contributed by atoms with Crippen LogP contribution in [0.15, 0.2) is 18.2 Å². The summed E-state index contributed by atoms with van der Waals surface area (Å²) < 4.78 is 25.7. The number of rotatable bonds is 3. The lowest BCUT2D eigenvalue weighted by molar-refractivity contribution is 0.510. The standard InChI is InChI=1S/C10H11F2N/c11-8-2-1-3-9(10(8)12)13-6-7-4-5-7/h1-3,7,13H,4-6H2. The molecule has 0 radical (unpaired) electrons. The molecule has 0 saturated heterocycles. The molecule has 0 aromatic heterocycles. The van der Waals surface area contributed by atoms with Crippen molar-refractivity contribution in [2.45, 2.75) is 12.8 Å². The number of benzene rings is 1. The van der Waals surface area contributed by atoms with Gasteiger partial charge in [0.05, 0.1) is 5.69 Å². The first-order valence-electron chi connectivity index (χ1n) is 4.45. The Labute approximate surface area is 75.8 Å². The Morgan fingerprint density at radius 3 is 2.77 bits per heavy atom. The number of hydrogen-bond acceptors (Lipinski definition) is 1. The van der Waals surface area contributed by atoms with Gasteiger partial charge in [-0.2, -0.15) is 0 Å². The second kappa shape index (κ2) is 3.32. The van der Waals surface area contributed by atoms with Crippen molar-refractivity contribution < 1.29 is 8.78 Å². The zero-order valence-electron chi connectivity index (χ0n) is 7.19. The Bertz CT molecular complexity index is 308. The molecule has 1 fully saturated rings. The lowest BCUT2D eigenvalue weighted by Crippen LogP contribution is -2.05. The number of anilines is 1. The normalized spacial score (nSPS) is 15.8. The molecule has 1 aliphatic rings. The zero-order valence-corrected chi connectivity index (χ0v) is 7.19. The van der Waals surface area contributed by atoms with Crippen LogP contribution in [-0.2, 0) is 0 Å². The Morgan fingerprint density at radius 1 is 1.31 bits per heavy atom. The van der Waals surface area contributed by atoms with E-state index in [4.69, 9.17) is 0 Å². The van der Waals surface area contributed by atoms with E-state index in [1.54, 1.807) is 6.07 Å². The predicted octanol–water partition coefficient (Wildman–Crippen LogP) is 2.79. The van der Waals surface area contributed by atoms with E-state index in [0.717, 1.165) is 12.6 Å². The highest BCUT2D eigenvalue weighted by Gasteiger charge is 2.21. The van der Waals surface area contributed by atoms with Gasteiger partial charge in [-0.1, -0.05) is 6.07 Å². The van der Waals surface area contributed by atoms with Crippen molar-refractivity contribution in [3.05, 3.63) is 29.8 Å². The van der Waals surface area contributed by atoms with Crippen molar-refractivity contribution in [1.29, 1.82) is 0 Å². The maximum absolute atomic E-state index is 13.0. The van der Waals surface area contributed by atoms with E-state index < -0.39 is 11.6 Å². The minimum absolute atomic E-state index is 0.270. The van der Waals surface area contributed by atoms with Crippen molar-refractivity contribution in [3.8, 4) is 0 Å². The zero-order chi connectivity index (χ0) is 9.26. The average Bonchev–Trinajstić information content (AvgIpc) is 2.91. The van der Waals surface area contributed by atoms with Crippen LogP contribution >= 0.6 is 0 Å². The molecule has 0 aliphatic heterocycles. The van der Waals surface area contributed by atoms with Crippen molar-refractivity contribution in [1.82, 2.24) is 0 Å². The fourth-order valence-electron chi connectivity index (χ4n) is 1.22. The van der Waals surface area contributed by atoms with Gasteiger partial charge in [-0.25, -0.2) is 8.78 Å². The van der Waals surface area contributed by atoms with Gasteiger partial charge in [0.2, 0.25) is 0 Å². The number of hydrogen-bond donors (Lipinski definition) is 1. The predicted molar refractivity (Wildman–Crippen MR) is 47.6 cm³/mol. The number of nitrogens with one attached hydrogen (secondary N) is 1. The van der Waals surface area contributed by atoms with Crippen molar-refractivity contribution in [2.24, 2.45) is 5.92 Å². The summed E-state index contributed by atoms with van der Waals surface area (Å²) in [5, 5.41) is 2.90. The average molecular weight is 183 g/mol. The largest absolute Gasteiger partial charge is 0.382 e. The van der Waals surface area contributed by atoms with Gasteiger partial charge in [-0.3, -0.25) is 0 Å². The molecule has 0 bridgehead atoms. The van der Waals surface area contributed by atoms with E-state index in [1.807, 2.05) is 0 Å². The molecule has 1 aromatic carbocycles. The third-order valence-corrected chi connectivity index (χ3v) is 2.23. The first kappa shape index (κ1) is 8.48. The van der Waals surface area contributed by atoms with Crippen LogP contribution in [0.2, 0.25) is 0 Å². The van der Waals surface area contributed by atoms with Crippen LogP contribution in [0.25, 0.3) is 0 Å². The summed E-state index contributed by atoms with van der Waals surface area (Å²) in [6.07, 6.45) is 2.40. The molecule has 0 heterocycles. The summed E-state index contributed by atoms with van der Waals surface area (Å²) in [6.45, 7) is 0.750. The number of halogens is 2. The van der Waals surface area contributed by atoms with E-state index in [-0.39, 0.29) is 5.69 Å². The van der Waals surface area contributed by atoms with E-state index >= 15 is 0 Å². The van der Waals surface area contributed by atoms with Crippen LogP contribution < -0.4 is 5.32 Å². The van der Waals surface area contributed by atoms with E-state index in [9.17, 15) is 8.78 Å². The van der Waals surface area contributed by atoms with E-state index in [2.05, 4.69) is 5.32 Å². The van der Waals surface area contributed by atoms with Gasteiger partial charge >= 0.3 is 0 Å². The molecular weight excluding hydrogens is 172 g/mol. The molecule has 1 aliphatic carbocycles. The third-order valence-electron chi connectivity index (χ3n) is 2.23. The van der Waals surface area contributed by atoms with Crippen LogP contribution in [0.1, 0.15) is 12.8 Å². The molecule has 2 rings (SSSR count). The lowest BCUT2D eigenvalue weighted by atomic mass is 10.3. The molecular formula is C10H11F2N. The fraction of sp³-hybridized carbons (Fsp3) is 0.400. The van der Waals surface area contributed by atoms with Gasteiger partial charge < -0.3 is 5.32 Å². The van der Waals surface area contributed by atoms with Crippen LogP contribution in [0.4, 0.5) is 14.5 Å². The summed E-state index contributed by atoms with van der Waals surface area (Å²) >= 11 is 0. The Balaban J connectivity index is 2.05.